The molecule has 0 saturated heterocycles. The molecule has 1 rings (SSSR count). The van der Waals surface area contributed by atoms with Crippen LogP contribution in [-0.2, 0) is 19.8 Å². The Morgan fingerprint density at radius 1 is 1.17 bits per heavy atom. The summed E-state index contributed by atoms with van der Waals surface area (Å²) in [6.45, 7) is 1.01. The SMILES string of the molecule is CO[Si](CCCSCCn1ccnc1)(OC)OC. The highest BCUT2D eigenvalue weighted by Crippen LogP contribution is 2.17. The number of thioether (sulfide) groups is 1. The molecule has 1 aromatic rings. The second kappa shape index (κ2) is 8.71. The molecule has 0 fully saturated rings. The highest BCUT2D eigenvalue weighted by molar-refractivity contribution is 7.99. The van der Waals surface area contributed by atoms with E-state index in [4.69, 9.17) is 13.3 Å². The van der Waals surface area contributed by atoms with E-state index in [0.29, 0.717) is 0 Å². The Labute approximate surface area is 114 Å². The minimum absolute atomic E-state index is 0.870. The van der Waals surface area contributed by atoms with Crippen molar-refractivity contribution in [3.63, 3.8) is 0 Å². The largest absolute Gasteiger partial charge is 0.500 e. The lowest BCUT2D eigenvalue weighted by Crippen LogP contribution is -2.42. The third-order valence-corrected chi connectivity index (χ3v) is 6.64. The molecule has 0 bridgehead atoms. The van der Waals surface area contributed by atoms with Gasteiger partial charge in [-0.1, -0.05) is 0 Å². The minimum atomic E-state index is -2.36. The van der Waals surface area contributed by atoms with Gasteiger partial charge in [-0.15, -0.1) is 0 Å². The van der Waals surface area contributed by atoms with Crippen LogP contribution in [0.15, 0.2) is 18.7 Å². The maximum Gasteiger partial charge on any atom is 0.500 e. The Kier molecular flexibility index (Phi) is 7.60. The number of hydrogen-bond acceptors (Lipinski definition) is 5. The van der Waals surface area contributed by atoms with E-state index < -0.39 is 8.80 Å². The molecule has 0 atom stereocenters. The molecule has 0 N–H and O–H groups in total. The summed E-state index contributed by atoms with van der Waals surface area (Å²) in [5, 5.41) is 0. The van der Waals surface area contributed by atoms with Crippen molar-refractivity contribution in [1.82, 2.24) is 9.55 Å². The number of hydrogen-bond donors (Lipinski definition) is 0. The second-order valence-corrected chi connectivity index (χ2v) is 8.13. The quantitative estimate of drug-likeness (QED) is 0.486. The van der Waals surface area contributed by atoms with Crippen LogP contribution in [0.1, 0.15) is 6.42 Å². The van der Waals surface area contributed by atoms with Gasteiger partial charge in [0.05, 0.1) is 6.33 Å². The summed E-state index contributed by atoms with van der Waals surface area (Å²) in [6.07, 6.45) is 6.69. The molecular formula is C11H22N2O3SSi. The summed E-state index contributed by atoms with van der Waals surface area (Å²) in [4.78, 5) is 4.01. The maximum absolute atomic E-state index is 5.37. The molecule has 0 amide bonds. The smallest absolute Gasteiger partial charge is 0.377 e. The molecule has 1 heterocycles. The Hall–Kier alpha value is -0.343. The van der Waals surface area contributed by atoms with Crippen molar-refractivity contribution in [3.8, 4) is 0 Å². The minimum Gasteiger partial charge on any atom is -0.377 e. The highest BCUT2D eigenvalue weighted by atomic mass is 32.2. The van der Waals surface area contributed by atoms with Gasteiger partial charge in [0.2, 0.25) is 0 Å². The molecule has 0 aromatic carbocycles. The predicted molar refractivity (Wildman–Crippen MR) is 75.8 cm³/mol. The van der Waals surface area contributed by atoms with Gasteiger partial charge in [-0.05, 0) is 12.2 Å². The molecule has 7 heteroatoms. The average Bonchev–Trinajstić information content (AvgIpc) is 2.92. The van der Waals surface area contributed by atoms with Gasteiger partial charge in [-0.25, -0.2) is 4.98 Å². The fraction of sp³-hybridized carbons (Fsp3) is 0.727. The summed E-state index contributed by atoms with van der Waals surface area (Å²) in [7, 11) is 2.62. The zero-order valence-corrected chi connectivity index (χ0v) is 13.1. The lowest BCUT2D eigenvalue weighted by atomic mass is 10.6. The summed E-state index contributed by atoms with van der Waals surface area (Å²) in [5.41, 5.74) is 0. The molecule has 0 spiro atoms. The fourth-order valence-corrected chi connectivity index (χ4v) is 4.51. The first-order valence-electron chi connectivity index (χ1n) is 5.95. The molecule has 0 aliphatic carbocycles. The fourth-order valence-electron chi connectivity index (χ4n) is 1.64. The molecule has 1 aromatic heterocycles. The topological polar surface area (TPSA) is 45.5 Å². The Morgan fingerprint density at radius 2 is 1.89 bits per heavy atom. The normalized spacial score (nSPS) is 11.9. The Morgan fingerprint density at radius 3 is 2.44 bits per heavy atom. The molecular weight excluding hydrogens is 268 g/mol. The predicted octanol–water partition coefficient (Wildman–Crippen LogP) is 1.88. The van der Waals surface area contributed by atoms with Crippen molar-refractivity contribution in [2.45, 2.75) is 19.0 Å². The summed E-state index contributed by atoms with van der Waals surface area (Å²) in [5.74, 6) is 2.19. The third kappa shape index (κ3) is 5.11. The number of rotatable bonds is 10. The van der Waals surface area contributed by atoms with Crippen molar-refractivity contribution >= 4 is 20.6 Å². The van der Waals surface area contributed by atoms with Crippen molar-refractivity contribution in [1.29, 1.82) is 0 Å². The third-order valence-electron chi connectivity index (χ3n) is 2.76. The van der Waals surface area contributed by atoms with Crippen molar-refractivity contribution in [2.24, 2.45) is 0 Å². The van der Waals surface area contributed by atoms with Crippen molar-refractivity contribution in [2.75, 3.05) is 32.8 Å². The summed E-state index contributed by atoms with van der Waals surface area (Å²) < 4.78 is 18.2. The molecule has 0 aliphatic rings. The number of imidazole rings is 1. The number of aryl methyl sites for hydroxylation is 1. The molecule has 18 heavy (non-hydrogen) atoms. The van der Waals surface area contributed by atoms with E-state index >= 15 is 0 Å². The zero-order chi connectivity index (χ0) is 13.3. The first kappa shape index (κ1) is 15.7. The van der Waals surface area contributed by atoms with Crippen LogP contribution in [0.4, 0.5) is 0 Å². The molecule has 0 aliphatic heterocycles. The van der Waals surface area contributed by atoms with Crippen LogP contribution in [0.3, 0.4) is 0 Å². The molecule has 104 valence electrons. The van der Waals surface area contributed by atoms with Crippen molar-refractivity contribution in [3.05, 3.63) is 18.7 Å². The summed E-state index contributed by atoms with van der Waals surface area (Å²) in [6, 6.07) is 0.870. The lowest BCUT2D eigenvalue weighted by molar-refractivity contribution is 0.123. The van der Waals surface area contributed by atoms with E-state index in [0.717, 1.165) is 30.5 Å². The van der Waals surface area contributed by atoms with E-state index in [1.165, 1.54) is 0 Å². The van der Waals surface area contributed by atoms with Gasteiger partial charge in [-0.2, -0.15) is 11.8 Å². The maximum atomic E-state index is 5.37. The van der Waals surface area contributed by atoms with Crippen LogP contribution < -0.4 is 0 Å². The molecule has 0 saturated carbocycles. The van der Waals surface area contributed by atoms with Gasteiger partial charge in [0.25, 0.3) is 0 Å². The van der Waals surface area contributed by atoms with Crippen molar-refractivity contribution < 1.29 is 13.3 Å². The zero-order valence-electron chi connectivity index (χ0n) is 11.3. The van der Waals surface area contributed by atoms with E-state index in [1.807, 2.05) is 24.3 Å². The van der Waals surface area contributed by atoms with E-state index in [1.54, 1.807) is 27.5 Å². The van der Waals surface area contributed by atoms with Crippen LogP contribution >= 0.6 is 11.8 Å². The average molecular weight is 290 g/mol. The van der Waals surface area contributed by atoms with Crippen LogP contribution in [0.25, 0.3) is 0 Å². The van der Waals surface area contributed by atoms with Crippen LogP contribution in [0, 0.1) is 0 Å². The molecule has 0 radical (unpaired) electrons. The Bertz CT molecular complexity index is 299. The monoisotopic (exact) mass is 290 g/mol. The number of nitrogens with zero attached hydrogens (tertiary/aromatic N) is 2. The number of aromatic nitrogens is 2. The van der Waals surface area contributed by atoms with Crippen LogP contribution in [0.2, 0.25) is 6.04 Å². The molecule has 5 nitrogen and oxygen atoms in total. The van der Waals surface area contributed by atoms with Crippen LogP contribution in [-0.4, -0.2) is 51.2 Å². The van der Waals surface area contributed by atoms with Gasteiger partial charge < -0.3 is 17.8 Å². The van der Waals surface area contributed by atoms with Gasteiger partial charge in [0.15, 0.2) is 0 Å². The van der Waals surface area contributed by atoms with E-state index in [2.05, 4.69) is 9.55 Å². The summed E-state index contributed by atoms with van der Waals surface area (Å²) >= 11 is 1.93. The van der Waals surface area contributed by atoms with Gasteiger partial charge in [-0.3, -0.25) is 0 Å². The van der Waals surface area contributed by atoms with Gasteiger partial charge in [0.1, 0.15) is 0 Å². The lowest BCUT2D eigenvalue weighted by Gasteiger charge is -2.24. The first-order valence-corrected chi connectivity index (χ1v) is 9.04. The van der Waals surface area contributed by atoms with Gasteiger partial charge >= 0.3 is 8.80 Å². The van der Waals surface area contributed by atoms with Crippen LogP contribution in [0.5, 0.6) is 0 Å². The van der Waals surface area contributed by atoms with E-state index in [-0.39, 0.29) is 0 Å². The van der Waals surface area contributed by atoms with E-state index in [9.17, 15) is 0 Å². The van der Waals surface area contributed by atoms with Gasteiger partial charge in [0, 0.05) is 52.1 Å². The highest BCUT2D eigenvalue weighted by Gasteiger charge is 2.36. The standard InChI is InChI=1S/C11H22N2O3SSi/c1-14-18(15-2,16-3)10-4-8-17-9-7-13-6-5-12-11-13/h5-6,11H,4,7-10H2,1-3H3. The second-order valence-electron chi connectivity index (χ2n) is 3.81. The first-order chi connectivity index (χ1) is 8.76. The molecule has 0 unspecified atom stereocenters. The Balaban J connectivity index is 2.07.